The van der Waals surface area contributed by atoms with Crippen molar-refractivity contribution in [2.75, 3.05) is 24.5 Å². The first kappa shape index (κ1) is 11.9. The van der Waals surface area contributed by atoms with Gasteiger partial charge in [-0.05, 0) is 40.9 Å². The molecule has 1 atom stereocenters. The van der Waals surface area contributed by atoms with Crippen LogP contribution in [0.5, 0.6) is 0 Å². The Hall–Kier alpha value is -0.540. The van der Waals surface area contributed by atoms with Gasteiger partial charge in [-0.25, -0.2) is 0 Å². The van der Waals surface area contributed by atoms with Gasteiger partial charge in [-0.1, -0.05) is 19.1 Å². The normalized spacial score (nSPS) is 21.2. The van der Waals surface area contributed by atoms with Gasteiger partial charge in [-0.2, -0.15) is 0 Å². The van der Waals surface area contributed by atoms with E-state index in [1.807, 2.05) is 0 Å². The van der Waals surface area contributed by atoms with Crippen LogP contribution >= 0.6 is 15.9 Å². The zero-order valence-electron chi connectivity index (χ0n) is 9.96. The minimum atomic E-state index is 0.626. The molecule has 0 aromatic heterocycles. The number of nitrogens with one attached hydrogen (secondary N) is 1. The summed E-state index contributed by atoms with van der Waals surface area (Å²) in [6, 6.07) is 7.11. The zero-order chi connectivity index (χ0) is 11.5. The number of rotatable bonds is 2. The average Bonchev–Trinajstić information content (AvgIpc) is 2.33. The van der Waals surface area contributed by atoms with Crippen LogP contribution in [0.15, 0.2) is 22.7 Å². The predicted octanol–water partition coefficient (Wildman–Crippen LogP) is 2.95. The van der Waals surface area contributed by atoms with E-state index in [0.717, 1.165) is 19.6 Å². The summed E-state index contributed by atoms with van der Waals surface area (Å²) in [7, 11) is 0. The van der Waals surface area contributed by atoms with Gasteiger partial charge in [0.15, 0.2) is 0 Å². The molecule has 1 aromatic rings. The van der Waals surface area contributed by atoms with E-state index in [4.69, 9.17) is 0 Å². The Morgan fingerprint density at radius 1 is 1.50 bits per heavy atom. The van der Waals surface area contributed by atoms with Crippen LogP contribution < -0.4 is 10.2 Å². The molecule has 1 heterocycles. The Kier molecular flexibility index (Phi) is 3.87. The summed E-state index contributed by atoms with van der Waals surface area (Å²) >= 11 is 3.70. The summed E-state index contributed by atoms with van der Waals surface area (Å²) < 4.78 is 1.24. The van der Waals surface area contributed by atoms with Crippen molar-refractivity contribution in [3.05, 3.63) is 28.2 Å². The number of halogens is 1. The van der Waals surface area contributed by atoms with Crippen LogP contribution in [0.1, 0.15) is 18.9 Å². The van der Waals surface area contributed by atoms with E-state index in [-0.39, 0.29) is 0 Å². The van der Waals surface area contributed by atoms with E-state index in [0.29, 0.717) is 6.04 Å². The number of hydrogen-bond donors (Lipinski definition) is 1. The minimum Gasteiger partial charge on any atom is -0.368 e. The molecule has 3 heteroatoms. The molecule has 0 spiro atoms. The smallest absolute Gasteiger partial charge is 0.0514 e. The third-order valence-corrected chi connectivity index (χ3v) is 4.29. The Labute approximate surface area is 106 Å². The minimum absolute atomic E-state index is 0.626. The first-order valence-electron chi connectivity index (χ1n) is 5.95. The topological polar surface area (TPSA) is 15.3 Å². The van der Waals surface area contributed by atoms with Crippen molar-refractivity contribution >= 4 is 21.6 Å². The molecule has 0 saturated carbocycles. The van der Waals surface area contributed by atoms with Gasteiger partial charge in [0.05, 0.1) is 5.69 Å². The van der Waals surface area contributed by atoms with Gasteiger partial charge in [0.25, 0.3) is 0 Å². The van der Waals surface area contributed by atoms with Gasteiger partial charge in [0, 0.05) is 30.1 Å². The fraction of sp³-hybridized carbons (Fsp3) is 0.538. The lowest BCUT2D eigenvalue weighted by Gasteiger charge is -2.35. The Morgan fingerprint density at radius 2 is 2.31 bits per heavy atom. The maximum Gasteiger partial charge on any atom is 0.0514 e. The van der Waals surface area contributed by atoms with Crippen molar-refractivity contribution in [3.8, 4) is 0 Å². The van der Waals surface area contributed by atoms with Gasteiger partial charge in [-0.15, -0.1) is 0 Å². The van der Waals surface area contributed by atoms with Gasteiger partial charge >= 0.3 is 0 Å². The first-order valence-corrected chi connectivity index (χ1v) is 6.75. The maximum atomic E-state index is 3.70. The highest BCUT2D eigenvalue weighted by Crippen LogP contribution is 2.29. The van der Waals surface area contributed by atoms with Crippen LogP contribution in [0.4, 0.5) is 5.69 Å². The molecule has 1 N–H and O–H groups in total. The predicted molar refractivity (Wildman–Crippen MR) is 73.2 cm³/mol. The van der Waals surface area contributed by atoms with E-state index >= 15 is 0 Å². The van der Waals surface area contributed by atoms with Gasteiger partial charge in [0.2, 0.25) is 0 Å². The van der Waals surface area contributed by atoms with E-state index < -0.39 is 0 Å². The molecule has 0 aliphatic carbocycles. The van der Waals surface area contributed by atoms with E-state index in [1.165, 1.54) is 22.1 Å². The lowest BCUT2D eigenvalue weighted by molar-refractivity contribution is 0.446. The van der Waals surface area contributed by atoms with Gasteiger partial charge in [-0.3, -0.25) is 0 Å². The second-order valence-corrected chi connectivity index (χ2v) is 5.21. The van der Waals surface area contributed by atoms with E-state index in [2.05, 4.69) is 58.2 Å². The second-order valence-electron chi connectivity index (χ2n) is 4.41. The third kappa shape index (κ3) is 2.41. The summed E-state index contributed by atoms with van der Waals surface area (Å²) in [5.41, 5.74) is 2.64. The molecule has 16 heavy (non-hydrogen) atoms. The Balaban J connectivity index is 2.20. The summed E-state index contributed by atoms with van der Waals surface area (Å²) in [5.74, 6) is 0. The molecule has 0 bridgehead atoms. The Bertz CT molecular complexity index is 365. The van der Waals surface area contributed by atoms with Crippen LogP contribution in [-0.2, 0) is 0 Å². The molecule has 1 unspecified atom stereocenters. The molecule has 0 radical (unpaired) electrons. The number of benzene rings is 1. The third-order valence-electron chi connectivity index (χ3n) is 3.26. The molecule has 1 fully saturated rings. The highest BCUT2D eigenvalue weighted by Gasteiger charge is 2.19. The molecule has 1 aliphatic heterocycles. The monoisotopic (exact) mass is 282 g/mol. The molecule has 1 aliphatic rings. The number of piperazine rings is 1. The summed E-state index contributed by atoms with van der Waals surface area (Å²) in [6.07, 6.45) is 1.19. The van der Waals surface area contributed by atoms with Crippen LogP contribution in [0.2, 0.25) is 0 Å². The zero-order valence-corrected chi connectivity index (χ0v) is 11.5. The standard InChI is InChI=1S/C13H19BrN2/c1-3-11-9-16(8-7-15-11)12-6-4-5-10(2)13(12)14/h4-6,11,15H,3,7-9H2,1-2H3. The summed E-state index contributed by atoms with van der Waals surface area (Å²) in [4.78, 5) is 2.47. The SMILES string of the molecule is CCC1CN(c2cccc(C)c2Br)CCN1. The van der Waals surface area contributed by atoms with Crippen molar-refractivity contribution in [1.82, 2.24) is 5.32 Å². The molecule has 1 aromatic carbocycles. The molecule has 2 nitrogen and oxygen atoms in total. The average molecular weight is 283 g/mol. The largest absolute Gasteiger partial charge is 0.368 e. The van der Waals surface area contributed by atoms with Crippen LogP contribution in [0.3, 0.4) is 0 Å². The van der Waals surface area contributed by atoms with Gasteiger partial charge < -0.3 is 10.2 Å². The van der Waals surface area contributed by atoms with Gasteiger partial charge in [0.1, 0.15) is 0 Å². The fourth-order valence-electron chi connectivity index (χ4n) is 2.19. The fourth-order valence-corrected chi connectivity index (χ4v) is 2.71. The van der Waals surface area contributed by atoms with E-state index in [1.54, 1.807) is 0 Å². The highest BCUT2D eigenvalue weighted by molar-refractivity contribution is 9.10. The van der Waals surface area contributed by atoms with Crippen molar-refractivity contribution < 1.29 is 0 Å². The number of nitrogens with zero attached hydrogens (tertiary/aromatic N) is 1. The molecule has 2 rings (SSSR count). The maximum absolute atomic E-state index is 3.70. The molecular formula is C13H19BrN2. The molecule has 0 amide bonds. The lowest BCUT2D eigenvalue weighted by Crippen LogP contribution is -2.50. The van der Waals surface area contributed by atoms with Crippen molar-refractivity contribution in [3.63, 3.8) is 0 Å². The van der Waals surface area contributed by atoms with Crippen molar-refractivity contribution in [1.29, 1.82) is 0 Å². The second kappa shape index (κ2) is 5.19. The quantitative estimate of drug-likeness (QED) is 0.897. The summed E-state index contributed by atoms with van der Waals surface area (Å²) in [5, 5.41) is 3.55. The van der Waals surface area contributed by atoms with Crippen molar-refractivity contribution in [2.24, 2.45) is 0 Å². The molecular weight excluding hydrogens is 264 g/mol. The highest BCUT2D eigenvalue weighted by atomic mass is 79.9. The van der Waals surface area contributed by atoms with Crippen molar-refractivity contribution in [2.45, 2.75) is 26.3 Å². The van der Waals surface area contributed by atoms with Crippen LogP contribution in [0, 0.1) is 6.92 Å². The first-order chi connectivity index (χ1) is 7.72. The summed E-state index contributed by atoms with van der Waals surface area (Å²) in [6.45, 7) is 7.68. The molecule has 1 saturated heterocycles. The van der Waals surface area contributed by atoms with E-state index in [9.17, 15) is 0 Å². The van der Waals surface area contributed by atoms with Crippen LogP contribution in [-0.4, -0.2) is 25.7 Å². The molecule has 88 valence electrons. The Morgan fingerprint density at radius 3 is 3.06 bits per heavy atom. The number of anilines is 1. The number of hydrogen-bond acceptors (Lipinski definition) is 2. The number of aryl methyl sites for hydroxylation is 1. The van der Waals surface area contributed by atoms with Crippen LogP contribution in [0.25, 0.3) is 0 Å². The lowest BCUT2D eigenvalue weighted by atomic mass is 10.1.